The van der Waals surface area contributed by atoms with Crippen molar-refractivity contribution in [1.82, 2.24) is 0 Å². The maximum Gasteiger partial charge on any atom is 0.339 e. The highest BCUT2D eigenvalue weighted by Crippen LogP contribution is 2.43. The van der Waals surface area contributed by atoms with Gasteiger partial charge in [0.15, 0.2) is 5.78 Å². The van der Waals surface area contributed by atoms with E-state index in [0.29, 0.717) is 50.6 Å². The Kier molecular flexibility index (Phi) is 12.7. The summed E-state index contributed by atoms with van der Waals surface area (Å²) in [6, 6.07) is 36.7. The van der Waals surface area contributed by atoms with Gasteiger partial charge >= 0.3 is 5.97 Å². The summed E-state index contributed by atoms with van der Waals surface area (Å²) in [6.07, 6.45) is 3.74. The summed E-state index contributed by atoms with van der Waals surface area (Å²) < 4.78 is 36.3. The number of nitrogens with two attached hydrogens (primary N) is 4. The van der Waals surface area contributed by atoms with E-state index < -0.39 is 26.8 Å². The lowest BCUT2D eigenvalue weighted by atomic mass is 10.0. The fourth-order valence-corrected chi connectivity index (χ4v) is 7.21. The van der Waals surface area contributed by atoms with E-state index in [-0.39, 0.29) is 45.4 Å². The van der Waals surface area contributed by atoms with Crippen LogP contribution in [0.1, 0.15) is 0 Å². The monoisotopic (exact) mass is 924 g/mol. The van der Waals surface area contributed by atoms with E-state index in [2.05, 4.69) is 51.4 Å². The third-order valence-electron chi connectivity index (χ3n) is 10.0. The van der Waals surface area contributed by atoms with E-state index in [4.69, 9.17) is 22.9 Å². The predicted molar refractivity (Wildman–Crippen MR) is 260 cm³/mol. The van der Waals surface area contributed by atoms with E-state index in [1.54, 1.807) is 103 Å². The number of allylic oxidation sites excluding steroid dienone is 3. The number of fused-ring (bicyclic) bond motifs is 1. The van der Waals surface area contributed by atoms with Gasteiger partial charge in [0.25, 0.3) is 10.1 Å². The zero-order valence-electron chi connectivity index (χ0n) is 35.2. The third kappa shape index (κ3) is 10.3. The highest BCUT2D eigenvalue weighted by molar-refractivity contribution is 7.86. The Morgan fingerprint density at radius 1 is 0.559 bits per heavy atom. The van der Waals surface area contributed by atoms with Gasteiger partial charge in [0.1, 0.15) is 33.2 Å². The van der Waals surface area contributed by atoms with Crippen LogP contribution in [0.4, 0.5) is 73.9 Å². The number of azo groups is 4. The molecular formula is C47H36N14O6S. The first kappa shape index (κ1) is 45.0. The zero-order chi connectivity index (χ0) is 48.0. The van der Waals surface area contributed by atoms with Gasteiger partial charge in [-0.1, -0.05) is 54.6 Å². The number of ketones is 1. The lowest BCUT2D eigenvalue weighted by Gasteiger charge is -2.10. The van der Waals surface area contributed by atoms with Gasteiger partial charge in [-0.2, -0.15) is 28.9 Å². The molecule has 7 aromatic rings. The molecule has 336 valence electrons. The first-order valence-corrected chi connectivity index (χ1v) is 21.5. The van der Waals surface area contributed by atoms with Gasteiger partial charge < -0.3 is 28.0 Å². The molecule has 1 aliphatic carbocycles. The predicted octanol–water partition coefficient (Wildman–Crippen LogP) is 11.7. The van der Waals surface area contributed by atoms with Crippen LogP contribution in [-0.4, -0.2) is 35.5 Å². The van der Waals surface area contributed by atoms with Crippen LogP contribution in [0.2, 0.25) is 0 Å². The van der Waals surface area contributed by atoms with E-state index >= 15 is 0 Å². The molecule has 0 spiro atoms. The molecule has 0 aromatic heterocycles. The van der Waals surface area contributed by atoms with Crippen molar-refractivity contribution in [3.8, 4) is 11.1 Å². The number of carboxylic acid groups (broad SMARTS) is 1. The lowest BCUT2D eigenvalue weighted by molar-refractivity contribution is -0.134. The number of nitrogens with one attached hydrogen (secondary N) is 1. The Hall–Kier alpha value is -9.60. The second kappa shape index (κ2) is 19.2. The van der Waals surface area contributed by atoms with Gasteiger partial charge in [-0.05, 0) is 108 Å². The van der Waals surface area contributed by atoms with Crippen LogP contribution in [0.15, 0.2) is 208 Å². The number of hydrogen-bond acceptors (Lipinski definition) is 18. The second-order valence-corrected chi connectivity index (χ2v) is 16.1. The largest absolute Gasteiger partial charge is 0.478 e. The smallest absolute Gasteiger partial charge is 0.339 e. The SMILES string of the molecule is Nc1ccc(N=Nc2cccc(N=Nc3c(N=Nc4cc(S(=O)(=O)O)c(N=Nc5ccc(-c6ccc(NN=C7C=CC(=O)C(C(=O)O)=C7)cc6)cc5)c5ccccc45)ccc(N)c3N)c2)c(N)c1. The number of anilines is 5. The fourth-order valence-electron chi connectivity index (χ4n) is 6.55. The number of rotatable bonds is 13. The van der Waals surface area contributed by atoms with Crippen molar-refractivity contribution < 1.29 is 27.7 Å². The standard InChI is InChI=1S/C47H36N14O6S/c48-28-12-19-39(38(50)22-28)57-55-31-4-3-5-32(23-31)56-61-46-40(20-18-37(49)44(46)51)58-59-41-25-43(68(65,66)67)45(35-7-2-1-6-34(35)41)60-53-30-15-10-27(11-16-30)26-8-13-29(14-9-26)52-54-33-17-21-42(62)36(24-33)47(63)64/h1-25,52H,48-51H2,(H,63,64)(H,65,66,67). The Bertz CT molecular complexity index is 3500. The molecule has 8 rings (SSSR count). The molecule has 0 saturated heterocycles. The molecule has 0 radical (unpaired) electrons. The second-order valence-electron chi connectivity index (χ2n) is 14.7. The van der Waals surface area contributed by atoms with Gasteiger partial charge in [-0.25, -0.2) is 4.79 Å². The van der Waals surface area contributed by atoms with Crippen molar-refractivity contribution in [1.29, 1.82) is 0 Å². The number of carbonyl (C=O) groups is 2. The number of nitrogens with zero attached hydrogens (tertiary/aromatic N) is 9. The van der Waals surface area contributed by atoms with E-state index in [1.807, 2.05) is 12.1 Å². The van der Waals surface area contributed by atoms with E-state index in [0.717, 1.165) is 23.3 Å². The third-order valence-corrected chi connectivity index (χ3v) is 10.9. The van der Waals surface area contributed by atoms with Gasteiger partial charge in [-0.3, -0.25) is 14.8 Å². The van der Waals surface area contributed by atoms with Crippen LogP contribution in [0, 0.1) is 0 Å². The molecule has 0 atom stereocenters. The molecule has 0 aliphatic heterocycles. The average molecular weight is 925 g/mol. The zero-order valence-corrected chi connectivity index (χ0v) is 36.0. The minimum Gasteiger partial charge on any atom is -0.478 e. The molecule has 20 nitrogen and oxygen atoms in total. The van der Waals surface area contributed by atoms with Crippen LogP contribution in [0.5, 0.6) is 0 Å². The van der Waals surface area contributed by atoms with E-state index in [1.165, 1.54) is 24.3 Å². The van der Waals surface area contributed by atoms with Crippen LogP contribution in [-0.2, 0) is 19.7 Å². The van der Waals surface area contributed by atoms with Crippen molar-refractivity contribution in [2.75, 3.05) is 28.4 Å². The number of carbonyl (C=O) groups excluding carboxylic acids is 1. The number of hydrazone groups is 1. The van der Waals surface area contributed by atoms with Crippen LogP contribution < -0.4 is 28.4 Å². The van der Waals surface area contributed by atoms with Crippen LogP contribution in [0.3, 0.4) is 0 Å². The summed E-state index contributed by atoms with van der Waals surface area (Å²) in [4.78, 5) is 22.5. The Balaban J connectivity index is 1.03. The summed E-state index contributed by atoms with van der Waals surface area (Å²) in [5.74, 6) is -1.95. The number of hydrogen-bond donors (Lipinski definition) is 7. The van der Waals surface area contributed by atoms with Crippen molar-refractivity contribution in [3.05, 3.63) is 157 Å². The van der Waals surface area contributed by atoms with Crippen LogP contribution in [0.25, 0.3) is 21.9 Å². The lowest BCUT2D eigenvalue weighted by Crippen LogP contribution is -2.15. The normalized spacial score (nSPS) is 13.7. The van der Waals surface area contributed by atoms with Gasteiger partial charge in [0.05, 0.1) is 51.2 Å². The first-order chi connectivity index (χ1) is 32.7. The highest BCUT2D eigenvalue weighted by atomic mass is 32.2. The minimum absolute atomic E-state index is 0.0646. The first-order valence-electron chi connectivity index (χ1n) is 20.0. The molecule has 0 saturated carbocycles. The number of carboxylic acids is 1. The molecule has 11 N–H and O–H groups in total. The summed E-state index contributed by atoms with van der Waals surface area (Å²) in [7, 11) is -4.89. The van der Waals surface area contributed by atoms with Crippen molar-refractivity contribution >= 4 is 112 Å². The topological polar surface area (TPSA) is 336 Å². The molecule has 7 aromatic carbocycles. The number of nitrogen functional groups attached to an aromatic ring is 4. The molecule has 0 heterocycles. The molecular weight excluding hydrogens is 889 g/mol. The van der Waals surface area contributed by atoms with Gasteiger partial charge in [-0.15, -0.1) is 25.6 Å². The van der Waals surface area contributed by atoms with Gasteiger partial charge in [0.2, 0.25) is 0 Å². The quantitative estimate of drug-likeness (QED) is 0.0142. The number of benzene rings is 7. The summed E-state index contributed by atoms with van der Waals surface area (Å²) in [6.45, 7) is 0. The molecule has 0 fully saturated rings. The maximum absolute atomic E-state index is 12.9. The molecule has 0 bridgehead atoms. The average Bonchev–Trinajstić information content (AvgIpc) is 3.33. The molecule has 1 aliphatic rings. The Morgan fingerprint density at radius 3 is 1.87 bits per heavy atom. The van der Waals surface area contributed by atoms with Crippen molar-refractivity contribution in [2.24, 2.45) is 46.0 Å². The fraction of sp³-hybridized carbons (Fsp3) is 0. The highest BCUT2D eigenvalue weighted by Gasteiger charge is 2.22. The molecule has 68 heavy (non-hydrogen) atoms. The molecule has 21 heteroatoms. The van der Waals surface area contributed by atoms with Gasteiger partial charge in [0, 0.05) is 16.5 Å². The van der Waals surface area contributed by atoms with Crippen molar-refractivity contribution in [3.63, 3.8) is 0 Å². The molecule has 0 amide bonds. The summed E-state index contributed by atoms with van der Waals surface area (Å²) >= 11 is 0. The maximum atomic E-state index is 12.9. The summed E-state index contributed by atoms with van der Waals surface area (Å²) in [5.41, 5.74) is 32.2. The number of aliphatic carboxylic acids is 1. The summed E-state index contributed by atoms with van der Waals surface area (Å²) in [5, 5.41) is 48.6. The minimum atomic E-state index is -4.89. The molecule has 0 unspecified atom stereocenters. The Morgan fingerprint density at radius 2 is 1.18 bits per heavy atom. The van der Waals surface area contributed by atoms with Crippen molar-refractivity contribution in [2.45, 2.75) is 4.90 Å². The Labute approximate surface area is 386 Å². The van der Waals surface area contributed by atoms with Crippen LogP contribution >= 0.6 is 0 Å². The van der Waals surface area contributed by atoms with E-state index in [9.17, 15) is 27.7 Å².